The van der Waals surface area contributed by atoms with Crippen LogP contribution in [0, 0.1) is 6.92 Å². The Labute approximate surface area is 110 Å². The molecule has 0 spiro atoms. The molecule has 0 saturated carbocycles. The zero-order valence-corrected chi connectivity index (χ0v) is 10.8. The summed E-state index contributed by atoms with van der Waals surface area (Å²) < 4.78 is 15.5. The van der Waals surface area contributed by atoms with Gasteiger partial charge in [0.05, 0.1) is 6.61 Å². The third-order valence-corrected chi connectivity index (χ3v) is 2.60. The summed E-state index contributed by atoms with van der Waals surface area (Å²) >= 11 is 0. The van der Waals surface area contributed by atoms with E-state index in [0.717, 1.165) is 5.56 Å². The number of anilines is 1. The van der Waals surface area contributed by atoms with Crippen LogP contribution in [-0.4, -0.2) is 31.7 Å². The molecule has 0 bridgehead atoms. The smallest absolute Gasteiger partial charge is 0.397 e. The van der Waals surface area contributed by atoms with E-state index in [1.54, 1.807) is 26.0 Å². The highest BCUT2D eigenvalue weighted by Crippen LogP contribution is 2.35. The molecule has 1 aromatic carbocycles. The minimum Gasteiger partial charge on any atom is -0.486 e. The number of ether oxygens (including phenoxy) is 3. The minimum absolute atomic E-state index is 0.159. The van der Waals surface area contributed by atoms with Crippen LogP contribution in [-0.2, 0) is 14.3 Å². The van der Waals surface area contributed by atoms with Crippen molar-refractivity contribution < 1.29 is 23.8 Å². The van der Waals surface area contributed by atoms with Gasteiger partial charge in [-0.15, -0.1) is 0 Å². The Morgan fingerprint density at radius 3 is 2.53 bits per heavy atom. The number of rotatable bonds is 2. The Morgan fingerprint density at radius 1 is 1.26 bits per heavy atom. The molecule has 0 unspecified atom stereocenters. The fourth-order valence-corrected chi connectivity index (χ4v) is 1.70. The molecule has 0 saturated heterocycles. The minimum atomic E-state index is -0.906. The first-order valence-corrected chi connectivity index (χ1v) is 6.00. The number of hydrogen-bond donors (Lipinski definition) is 1. The van der Waals surface area contributed by atoms with Crippen LogP contribution < -0.4 is 14.8 Å². The van der Waals surface area contributed by atoms with Gasteiger partial charge in [-0.1, -0.05) is 0 Å². The molecule has 19 heavy (non-hydrogen) atoms. The Kier molecular flexibility index (Phi) is 3.89. The van der Waals surface area contributed by atoms with E-state index in [1.807, 2.05) is 0 Å². The fraction of sp³-hybridized carbons (Fsp3) is 0.385. The van der Waals surface area contributed by atoms with E-state index in [0.29, 0.717) is 30.4 Å². The Balaban J connectivity index is 2.16. The van der Waals surface area contributed by atoms with Crippen LogP contribution in [0.2, 0.25) is 0 Å². The molecule has 1 aliphatic rings. The summed E-state index contributed by atoms with van der Waals surface area (Å²) in [6, 6.07) is 3.40. The number of hydrogen-bond acceptors (Lipinski definition) is 5. The topological polar surface area (TPSA) is 73.9 Å². The number of carbonyl (C=O) groups is 2. The van der Waals surface area contributed by atoms with Crippen LogP contribution in [0.15, 0.2) is 12.1 Å². The molecule has 1 N–H and O–H groups in total. The Hall–Kier alpha value is -2.24. The van der Waals surface area contributed by atoms with Gasteiger partial charge < -0.3 is 19.5 Å². The molecule has 0 aliphatic carbocycles. The van der Waals surface area contributed by atoms with Crippen LogP contribution in [0.1, 0.15) is 12.5 Å². The molecular weight excluding hydrogens is 250 g/mol. The number of carbonyl (C=O) groups excluding carboxylic acids is 2. The molecule has 0 fully saturated rings. The molecular formula is C13H15NO5. The van der Waals surface area contributed by atoms with Gasteiger partial charge in [0, 0.05) is 11.8 Å². The Bertz CT molecular complexity index is 512. The zero-order valence-electron chi connectivity index (χ0n) is 10.8. The lowest BCUT2D eigenvalue weighted by Gasteiger charge is -2.20. The van der Waals surface area contributed by atoms with Crippen molar-refractivity contribution in [3.05, 3.63) is 17.7 Å². The lowest BCUT2D eigenvalue weighted by atomic mass is 10.1. The lowest BCUT2D eigenvalue weighted by molar-refractivity contribution is -0.152. The second kappa shape index (κ2) is 5.60. The highest BCUT2D eigenvalue weighted by atomic mass is 16.6. The number of nitrogens with one attached hydrogen (secondary N) is 1. The van der Waals surface area contributed by atoms with Gasteiger partial charge in [0.1, 0.15) is 13.2 Å². The Morgan fingerprint density at radius 2 is 1.89 bits per heavy atom. The van der Waals surface area contributed by atoms with Gasteiger partial charge in [-0.2, -0.15) is 0 Å². The van der Waals surface area contributed by atoms with Gasteiger partial charge in [0.25, 0.3) is 0 Å². The molecule has 1 heterocycles. The van der Waals surface area contributed by atoms with Crippen molar-refractivity contribution in [2.75, 3.05) is 25.1 Å². The van der Waals surface area contributed by atoms with Gasteiger partial charge in [-0.3, -0.25) is 4.79 Å². The predicted octanol–water partition coefficient (Wildman–Crippen LogP) is 1.27. The number of benzene rings is 1. The van der Waals surface area contributed by atoms with Gasteiger partial charge in [-0.05, 0) is 25.5 Å². The summed E-state index contributed by atoms with van der Waals surface area (Å²) in [6.07, 6.45) is 0. The standard InChI is InChI=1S/C13H15NO5/c1-3-17-13(16)12(15)14-9-7-11-10(6-8(9)2)18-4-5-19-11/h6-7H,3-5H2,1-2H3,(H,14,15). The van der Waals surface area contributed by atoms with Crippen molar-refractivity contribution in [1.29, 1.82) is 0 Å². The number of fused-ring (bicyclic) bond motifs is 1. The van der Waals surface area contributed by atoms with Gasteiger partial charge in [-0.25, -0.2) is 4.79 Å². The molecule has 1 aromatic rings. The quantitative estimate of drug-likeness (QED) is 0.644. The second-order valence-corrected chi connectivity index (χ2v) is 3.99. The molecule has 1 aliphatic heterocycles. The molecule has 6 nitrogen and oxygen atoms in total. The summed E-state index contributed by atoms with van der Waals surface area (Å²) in [5.74, 6) is -0.521. The van der Waals surface area contributed by atoms with Gasteiger partial charge in [0.2, 0.25) is 0 Å². The van der Waals surface area contributed by atoms with Crippen molar-refractivity contribution in [3.63, 3.8) is 0 Å². The lowest BCUT2D eigenvalue weighted by Crippen LogP contribution is -2.25. The van der Waals surface area contributed by atoms with Gasteiger partial charge >= 0.3 is 11.9 Å². The predicted molar refractivity (Wildman–Crippen MR) is 67.4 cm³/mol. The number of aryl methyl sites for hydroxylation is 1. The van der Waals surface area contributed by atoms with Gasteiger partial charge in [0.15, 0.2) is 11.5 Å². The maximum Gasteiger partial charge on any atom is 0.397 e. The van der Waals surface area contributed by atoms with Crippen molar-refractivity contribution in [2.45, 2.75) is 13.8 Å². The highest BCUT2D eigenvalue weighted by molar-refractivity contribution is 6.37. The first-order chi connectivity index (χ1) is 9.11. The van der Waals surface area contributed by atoms with Crippen molar-refractivity contribution in [2.24, 2.45) is 0 Å². The van der Waals surface area contributed by atoms with E-state index in [4.69, 9.17) is 9.47 Å². The van der Waals surface area contributed by atoms with Crippen LogP contribution in [0.25, 0.3) is 0 Å². The van der Waals surface area contributed by atoms with E-state index in [-0.39, 0.29) is 6.61 Å². The normalized spacial score (nSPS) is 12.7. The van der Waals surface area contributed by atoms with Crippen molar-refractivity contribution in [1.82, 2.24) is 0 Å². The first-order valence-electron chi connectivity index (χ1n) is 6.00. The van der Waals surface area contributed by atoms with Crippen LogP contribution >= 0.6 is 0 Å². The molecule has 0 atom stereocenters. The largest absolute Gasteiger partial charge is 0.486 e. The zero-order chi connectivity index (χ0) is 13.8. The average molecular weight is 265 g/mol. The summed E-state index contributed by atoms with van der Waals surface area (Å²) in [4.78, 5) is 22.8. The molecule has 6 heteroatoms. The molecule has 102 valence electrons. The SMILES string of the molecule is CCOC(=O)C(=O)Nc1cc2c(cc1C)OCCO2. The highest BCUT2D eigenvalue weighted by Gasteiger charge is 2.19. The first kappa shape index (κ1) is 13.2. The van der Waals surface area contributed by atoms with Crippen molar-refractivity contribution >= 4 is 17.6 Å². The van der Waals surface area contributed by atoms with E-state index < -0.39 is 11.9 Å². The monoisotopic (exact) mass is 265 g/mol. The summed E-state index contributed by atoms with van der Waals surface area (Å²) in [5, 5.41) is 2.50. The van der Waals surface area contributed by atoms with E-state index >= 15 is 0 Å². The third-order valence-electron chi connectivity index (χ3n) is 2.60. The third kappa shape index (κ3) is 2.96. The molecule has 2 rings (SSSR count). The van der Waals surface area contributed by atoms with E-state index in [9.17, 15) is 9.59 Å². The van der Waals surface area contributed by atoms with Crippen LogP contribution in [0.5, 0.6) is 11.5 Å². The second-order valence-electron chi connectivity index (χ2n) is 3.99. The van der Waals surface area contributed by atoms with E-state index in [2.05, 4.69) is 10.1 Å². The summed E-state index contributed by atoms with van der Waals surface area (Å²) in [7, 11) is 0. The van der Waals surface area contributed by atoms with Crippen LogP contribution in [0.4, 0.5) is 5.69 Å². The average Bonchev–Trinajstić information content (AvgIpc) is 2.39. The van der Waals surface area contributed by atoms with Crippen LogP contribution in [0.3, 0.4) is 0 Å². The van der Waals surface area contributed by atoms with Crippen molar-refractivity contribution in [3.8, 4) is 11.5 Å². The maximum atomic E-state index is 11.6. The molecule has 0 radical (unpaired) electrons. The number of amides is 1. The molecule has 1 amide bonds. The fourth-order valence-electron chi connectivity index (χ4n) is 1.70. The summed E-state index contributed by atoms with van der Waals surface area (Å²) in [5.41, 5.74) is 1.28. The molecule has 0 aromatic heterocycles. The maximum absolute atomic E-state index is 11.6. The number of esters is 1. The summed E-state index contributed by atoms with van der Waals surface area (Å²) in [6.45, 7) is 4.56. The van der Waals surface area contributed by atoms with E-state index in [1.165, 1.54) is 0 Å².